The zero-order valence-corrected chi connectivity index (χ0v) is 71.2. The second-order valence-corrected chi connectivity index (χ2v) is 34.5. The lowest BCUT2D eigenvalue weighted by Gasteiger charge is -2.47. The highest BCUT2D eigenvalue weighted by Gasteiger charge is 2.51. The number of urea groups is 1. The van der Waals surface area contributed by atoms with Crippen LogP contribution in [0.15, 0.2) is 211 Å². The Morgan fingerprint density at radius 2 is 0.920 bits per heavy atom. The van der Waals surface area contributed by atoms with E-state index in [0.717, 1.165) is 87.9 Å². The van der Waals surface area contributed by atoms with Gasteiger partial charge in [-0.25, -0.2) is 9.59 Å². The number of carbonyl (C=O) groups is 3. The van der Waals surface area contributed by atoms with Gasteiger partial charge in [-0.1, -0.05) is 228 Å². The molecule has 8 aromatic rings. The van der Waals surface area contributed by atoms with Crippen LogP contribution in [0, 0.1) is 0 Å². The number of nitrogens with zero attached hydrogens (tertiary/aromatic N) is 6. The largest absolute Gasteiger partial charge is 0.399 e. The third kappa shape index (κ3) is 22.5. The molecule has 2 N–H and O–H groups in total. The minimum absolute atomic E-state index is 0. The van der Waals surface area contributed by atoms with Crippen LogP contribution >= 0.6 is 96.6 Å². The maximum atomic E-state index is 14.6. The average molecular weight is 1740 g/mol. The van der Waals surface area contributed by atoms with Crippen molar-refractivity contribution in [3.8, 4) is 0 Å². The number of benzene rings is 8. The van der Waals surface area contributed by atoms with E-state index in [2.05, 4.69) is 43.6 Å². The Morgan fingerprint density at radius 1 is 0.540 bits per heavy atom. The Kier molecular flexibility index (Phi) is 34.0. The predicted molar refractivity (Wildman–Crippen MR) is 457 cm³/mol. The maximum absolute atomic E-state index is 14.6. The smallest absolute Gasteiger partial charge is 0.381 e. The summed E-state index contributed by atoms with van der Waals surface area (Å²) in [6.45, 7) is 5.43. The number of likely N-dealkylation sites (tertiary alicyclic amines) is 2. The zero-order chi connectivity index (χ0) is 79.7. The van der Waals surface area contributed by atoms with E-state index in [9.17, 15) is 45.2 Å². The molecule has 0 aliphatic carbocycles. The molecule has 4 amide bonds. The number of alkyl halides is 6. The van der Waals surface area contributed by atoms with Crippen molar-refractivity contribution < 1.29 is 49.9 Å². The van der Waals surface area contributed by atoms with Crippen molar-refractivity contribution in [2.75, 3.05) is 93.8 Å². The Bertz CT molecular complexity index is 4480. The molecular formula is C84H94Cl6F4N8O7S4. The van der Waals surface area contributed by atoms with Crippen molar-refractivity contribution in [3.05, 3.63) is 282 Å². The van der Waals surface area contributed by atoms with Gasteiger partial charge in [0, 0.05) is 93.6 Å². The molecule has 13 rings (SSSR count). The van der Waals surface area contributed by atoms with Crippen molar-refractivity contribution >= 4 is 142 Å². The van der Waals surface area contributed by atoms with Gasteiger partial charge in [-0.3, -0.25) is 18.0 Å². The second-order valence-electron chi connectivity index (χ2n) is 28.4. The van der Waals surface area contributed by atoms with E-state index in [-0.39, 0.29) is 67.3 Å². The quantitative estimate of drug-likeness (QED) is 0.0289. The third-order valence-electron chi connectivity index (χ3n) is 21.8. The molecule has 5 aliphatic rings. The molecule has 0 saturated carbocycles. The lowest BCUT2D eigenvalue weighted by atomic mass is 9.83. The number of amides is 4. The van der Waals surface area contributed by atoms with Crippen LogP contribution in [-0.4, -0.2) is 161 Å². The number of piperidine rings is 2. The molecule has 113 heavy (non-hydrogen) atoms. The van der Waals surface area contributed by atoms with Crippen LogP contribution in [0.25, 0.3) is 0 Å². The molecular weight excluding hydrogens is 1650 g/mol. The molecule has 0 aromatic heterocycles. The fourth-order valence-corrected chi connectivity index (χ4v) is 20.3. The standard InChI is InChI=1S/C40H41Cl3F2N4O3S.C26H30Cl3F2N3O2S.C14H11NO.C4H8O.2H2S/c1-47(36(50)40(43,44)45)27-38(31-17-18-33(41)34(42)25-31,19-22-49-23-20-39(21-24-49)32-16-10-9-15-30(32)26-53(39)52)48(2)37(51)46-35(28-11-5-3-6-12-28)29-13-7-4-8-14-29;1-32-24(17-33(2)23(35)26(29,30)31,19-7-8-21(27)22(28)15-19)9-12-34-13-10-25(11-14-34)20-6-4-3-5-18(20)16-37(25)36;16-11-15-14(12-7-3-1-4-8-12)13-9-5-2-6-10-13;1-2-4-5-3-1;;/h3-18,25,35H,19-24,26-27H2,1-2H3,(H,46,51);3-8,15,32H,9-14,16-17H2,1-2H3;1-10,14H;1-4H2;2*1H2. The summed E-state index contributed by atoms with van der Waals surface area (Å²) in [5.74, 6) is -1.95. The molecule has 4 atom stereocenters. The van der Waals surface area contributed by atoms with E-state index in [1.807, 2.05) is 152 Å². The summed E-state index contributed by atoms with van der Waals surface area (Å²) in [5.41, 5.74) is 7.24. The highest BCUT2D eigenvalue weighted by atomic mass is 35.5. The summed E-state index contributed by atoms with van der Waals surface area (Å²) in [5, 5.41) is -0.554. The van der Waals surface area contributed by atoms with Gasteiger partial charge in [-0.2, -0.15) is 49.5 Å². The van der Waals surface area contributed by atoms with Crippen molar-refractivity contribution in [3.63, 3.8) is 0 Å². The molecule has 606 valence electrons. The number of likely N-dealkylation sites (N-methyl/N-ethyl adjacent to an activating group) is 4. The SMILES string of the molecule is C1CCOC1.CN(CC(CCN1CCC2(CC1)c1ccccc1CS2=O)(c1ccc(Cl)c(Cl)c1)N(C)C(=O)NC(c1ccccc1)c1ccccc1)C(=O)C(F)(F)Cl.CNC(CCN1CCC2(CC1)c1ccccc1CS2=O)(CN(C)C(=O)C(F)(F)Cl)c1ccc(Cl)c(Cl)c1.O=C=NC(c1ccccc1)c1ccccc1.S.S. The normalized spacial score (nSPS) is 17.8. The van der Waals surface area contributed by atoms with Gasteiger partial charge in [0.05, 0.1) is 46.7 Å². The number of ether oxygens (including phenoxy) is 1. The third-order valence-corrected chi connectivity index (χ3v) is 27.7. The van der Waals surface area contributed by atoms with Crippen LogP contribution in [0.5, 0.6) is 0 Å². The molecule has 4 unspecified atom stereocenters. The van der Waals surface area contributed by atoms with E-state index < -0.39 is 72.1 Å². The number of isocyanates is 1. The monoisotopic (exact) mass is 1740 g/mol. The van der Waals surface area contributed by atoms with Gasteiger partial charge < -0.3 is 39.9 Å². The van der Waals surface area contributed by atoms with Gasteiger partial charge >= 0.3 is 28.6 Å². The maximum Gasteiger partial charge on any atom is 0.399 e. The zero-order valence-electron chi connectivity index (χ0n) is 63.1. The van der Waals surface area contributed by atoms with Gasteiger partial charge in [0.1, 0.15) is 6.04 Å². The first-order chi connectivity index (χ1) is 53.1. The molecule has 3 saturated heterocycles. The highest BCUT2D eigenvalue weighted by Crippen LogP contribution is 2.49. The van der Waals surface area contributed by atoms with E-state index >= 15 is 0 Å². The first-order valence-electron chi connectivity index (χ1n) is 36.6. The number of aliphatic imine (C=N–C) groups is 1. The fraction of sp³-hybridized carbons (Fsp3) is 0.381. The number of hydrogen-bond donors (Lipinski definition) is 2. The summed E-state index contributed by atoms with van der Waals surface area (Å²) in [7, 11) is 3.86. The lowest BCUT2D eigenvalue weighted by Crippen LogP contribution is -2.59. The predicted octanol–water partition coefficient (Wildman–Crippen LogP) is 18.0. The topological polar surface area (TPSA) is 164 Å². The van der Waals surface area contributed by atoms with E-state index in [1.165, 1.54) is 43.0 Å². The summed E-state index contributed by atoms with van der Waals surface area (Å²) >= 11 is 35.7. The Balaban J connectivity index is 0.000000229. The summed E-state index contributed by atoms with van der Waals surface area (Å²) in [4.78, 5) is 61.9. The molecule has 15 nitrogen and oxygen atoms in total. The average Bonchev–Trinajstić information content (AvgIpc) is 1.67. The Labute approximate surface area is 708 Å². The summed E-state index contributed by atoms with van der Waals surface area (Å²) in [6.07, 6.45) is 7.84. The number of fused-ring (bicyclic) bond motifs is 4. The van der Waals surface area contributed by atoms with Crippen molar-refractivity contribution in [2.24, 2.45) is 4.99 Å². The highest BCUT2D eigenvalue weighted by molar-refractivity contribution is 7.85. The molecule has 0 bridgehead atoms. The van der Waals surface area contributed by atoms with Gasteiger partial charge in [0.15, 0.2) is 0 Å². The fourth-order valence-electron chi connectivity index (χ4n) is 15.6. The van der Waals surface area contributed by atoms with Crippen LogP contribution < -0.4 is 10.6 Å². The Morgan fingerprint density at radius 3 is 1.31 bits per heavy atom. The summed E-state index contributed by atoms with van der Waals surface area (Å²) < 4.78 is 86.7. The summed E-state index contributed by atoms with van der Waals surface area (Å²) in [6, 6.07) is 63.4. The van der Waals surface area contributed by atoms with Crippen LogP contribution in [0.3, 0.4) is 0 Å². The minimum Gasteiger partial charge on any atom is -0.381 e. The van der Waals surface area contributed by atoms with E-state index in [0.29, 0.717) is 72.6 Å². The van der Waals surface area contributed by atoms with Gasteiger partial charge in [0.2, 0.25) is 6.08 Å². The van der Waals surface area contributed by atoms with E-state index in [4.69, 9.17) is 74.3 Å². The van der Waals surface area contributed by atoms with E-state index in [1.54, 1.807) is 56.6 Å². The van der Waals surface area contributed by atoms with Crippen molar-refractivity contribution in [1.29, 1.82) is 0 Å². The van der Waals surface area contributed by atoms with Crippen LogP contribution in [0.1, 0.15) is 119 Å². The van der Waals surface area contributed by atoms with Crippen LogP contribution in [0.2, 0.25) is 20.1 Å². The van der Waals surface area contributed by atoms with Crippen LogP contribution in [0.4, 0.5) is 22.4 Å². The molecule has 5 heterocycles. The lowest BCUT2D eigenvalue weighted by molar-refractivity contribution is -0.147. The molecule has 2 spiro atoms. The Hall–Kier alpha value is -6.35. The molecule has 0 radical (unpaired) electrons. The van der Waals surface area contributed by atoms with Crippen molar-refractivity contribution in [1.82, 2.24) is 35.1 Å². The first-order valence-corrected chi connectivity index (χ1v) is 41.5. The number of rotatable bonds is 22. The minimum atomic E-state index is -4.17. The number of nitrogens with one attached hydrogen (secondary N) is 2. The number of carbonyl (C=O) groups excluding carboxylic acids is 4. The molecule has 29 heteroatoms. The van der Waals surface area contributed by atoms with Gasteiger partial charge in [-0.15, -0.1) is 0 Å². The molecule has 3 fully saturated rings. The van der Waals surface area contributed by atoms with Gasteiger partial charge in [-0.05, 0) is 188 Å². The second kappa shape index (κ2) is 41.7. The molecule has 8 aromatic carbocycles. The van der Waals surface area contributed by atoms with Crippen molar-refractivity contribution in [2.45, 2.75) is 106 Å². The molecule has 5 aliphatic heterocycles. The van der Waals surface area contributed by atoms with Crippen LogP contribution in [-0.2, 0) is 72.8 Å². The number of hydrogen-bond acceptors (Lipinski definition) is 11. The first kappa shape index (κ1) is 92.2. The number of halogens is 10. The van der Waals surface area contributed by atoms with Gasteiger partial charge in [0.25, 0.3) is 0 Å².